The summed E-state index contributed by atoms with van der Waals surface area (Å²) in [6.07, 6.45) is 3.04. The van der Waals surface area contributed by atoms with Gasteiger partial charge in [0.05, 0.1) is 0 Å². The van der Waals surface area contributed by atoms with E-state index in [0.29, 0.717) is 27.3 Å². The zero-order valence-electron chi connectivity index (χ0n) is 14.3. The number of aryl methyl sites for hydroxylation is 2. The van der Waals surface area contributed by atoms with Crippen LogP contribution in [-0.2, 0) is 4.79 Å². The molecule has 2 aromatic carbocycles. The number of nitrogens with one attached hydrogen (secondary N) is 1. The number of carbonyl (C=O) groups excluding carboxylic acids is 1. The molecule has 1 N–H and O–H groups in total. The monoisotopic (exact) mass is 385 g/mol. The van der Waals surface area contributed by atoms with Crippen molar-refractivity contribution in [3.63, 3.8) is 0 Å². The maximum absolute atomic E-state index is 12.1. The van der Waals surface area contributed by atoms with Gasteiger partial charge in [-0.1, -0.05) is 41.4 Å². The van der Waals surface area contributed by atoms with Gasteiger partial charge in [-0.25, -0.2) is 0 Å². The predicted molar refractivity (Wildman–Crippen MR) is 108 cm³/mol. The molecule has 3 rings (SSSR count). The van der Waals surface area contributed by atoms with Crippen LogP contribution in [0, 0.1) is 13.8 Å². The van der Waals surface area contributed by atoms with Crippen LogP contribution in [0.3, 0.4) is 0 Å². The van der Waals surface area contributed by atoms with Crippen LogP contribution in [0.2, 0.25) is 10.0 Å². The van der Waals surface area contributed by atoms with Gasteiger partial charge in [0.25, 0.3) is 0 Å². The molecule has 0 saturated carbocycles. The Balaban J connectivity index is 1.71. The maximum Gasteiger partial charge on any atom is 0.248 e. The highest BCUT2D eigenvalue weighted by atomic mass is 35.5. The third kappa shape index (κ3) is 4.37. The van der Waals surface area contributed by atoms with Crippen molar-refractivity contribution >= 4 is 40.9 Å². The molecule has 0 aliphatic heterocycles. The van der Waals surface area contributed by atoms with E-state index in [-0.39, 0.29) is 5.91 Å². The van der Waals surface area contributed by atoms with Gasteiger partial charge in [-0.3, -0.25) is 4.79 Å². The molecule has 0 spiro atoms. The van der Waals surface area contributed by atoms with Gasteiger partial charge in [0.2, 0.25) is 5.91 Å². The molecule has 1 amide bonds. The first-order valence-electron chi connectivity index (χ1n) is 8.04. The van der Waals surface area contributed by atoms with Crippen LogP contribution in [0.4, 0.5) is 5.69 Å². The van der Waals surface area contributed by atoms with Crippen molar-refractivity contribution in [2.75, 3.05) is 5.32 Å². The SMILES string of the molecule is Cc1ccc(-c2ccc(/C=C/C(=O)Nc3cc(Cl)ccc3C)o2)cc1Cl. The number of carbonyl (C=O) groups is 1. The lowest BCUT2D eigenvalue weighted by Crippen LogP contribution is -2.08. The van der Waals surface area contributed by atoms with E-state index in [1.54, 1.807) is 24.3 Å². The fourth-order valence-corrected chi connectivity index (χ4v) is 2.76. The van der Waals surface area contributed by atoms with E-state index in [2.05, 4.69) is 5.32 Å². The highest BCUT2D eigenvalue weighted by Crippen LogP contribution is 2.27. The van der Waals surface area contributed by atoms with Gasteiger partial charge in [0.15, 0.2) is 0 Å². The zero-order chi connectivity index (χ0) is 18.7. The van der Waals surface area contributed by atoms with Crippen LogP contribution >= 0.6 is 23.2 Å². The molecule has 0 aliphatic rings. The molecule has 0 aliphatic carbocycles. The standard InChI is InChI=1S/C21H17Cl2NO2/c1-13-3-5-15(11-18(13)23)20-9-7-17(26-20)8-10-21(25)24-19-12-16(22)6-4-14(19)2/h3-12H,1-2H3,(H,24,25)/b10-8+. The van der Waals surface area contributed by atoms with Crippen molar-refractivity contribution in [1.29, 1.82) is 0 Å². The molecule has 1 heterocycles. The molecular weight excluding hydrogens is 369 g/mol. The average Bonchev–Trinajstić information content (AvgIpc) is 3.08. The van der Waals surface area contributed by atoms with Gasteiger partial charge in [-0.15, -0.1) is 0 Å². The lowest BCUT2D eigenvalue weighted by atomic mass is 10.1. The second-order valence-corrected chi connectivity index (χ2v) is 6.79. The van der Waals surface area contributed by atoms with E-state index >= 15 is 0 Å². The number of furan rings is 1. The van der Waals surface area contributed by atoms with Crippen LogP contribution in [0.25, 0.3) is 17.4 Å². The summed E-state index contributed by atoms with van der Waals surface area (Å²) < 4.78 is 5.76. The van der Waals surface area contributed by atoms with Crippen LogP contribution in [0.1, 0.15) is 16.9 Å². The number of rotatable bonds is 4. The third-order valence-electron chi connectivity index (χ3n) is 3.94. The minimum atomic E-state index is -0.258. The quantitative estimate of drug-likeness (QED) is 0.519. The molecule has 0 fully saturated rings. The van der Waals surface area contributed by atoms with Gasteiger partial charge >= 0.3 is 0 Å². The lowest BCUT2D eigenvalue weighted by Gasteiger charge is -2.06. The smallest absolute Gasteiger partial charge is 0.248 e. The molecule has 0 atom stereocenters. The highest BCUT2D eigenvalue weighted by molar-refractivity contribution is 6.31. The Morgan fingerprint density at radius 1 is 1.00 bits per heavy atom. The topological polar surface area (TPSA) is 42.2 Å². The predicted octanol–water partition coefficient (Wildman–Crippen LogP) is 6.52. The van der Waals surface area contributed by atoms with E-state index in [1.165, 1.54) is 6.08 Å². The molecule has 3 nitrogen and oxygen atoms in total. The summed E-state index contributed by atoms with van der Waals surface area (Å²) in [7, 11) is 0. The molecule has 3 aromatic rings. The number of hydrogen-bond acceptors (Lipinski definition) is 2. The van der Waals surface area contributed by atoms with E-state index in [9.17, 15) is 4.79 Å². The number of hydrogen-bond donors (Lipinski definition) is 1. The van der Waals surface area contributed by atoms with Gasteiger partial charge in [-0.2, -0.15) is 0 Å². The largest absolute Gasteiger partial charge is 0.457 e. The Labute approximate surface area is 162 Å². The Bertz CT molecular complexity index is 989. The van der Waals surface area contributed by atoms with E-state index in [4.69, 9.17) is 27.6 Å². The highest BCUT2D eigenvalue weighted by Gasteiger charge is 2.06. The number of benzene rings is 2. The summed E-state index contributed by atoms with van der Waals surface area (Å²) in [4.78, 5) is 12.1. The average molecular weight is 386 g/mol. The first-order chi connectivity index (χ1) is 12.4. The number of anilines is 1. The molecule has 0 radical (unpaired) electrons. The van der Waals surface area contributed by atoms with Gasteiger partial charge in [0, 0.05) is 27.4 Å². The summed E-state index contributed by atoms with van der Waals surface area (Å²) in [5.41, 5.74) is 3.52. The Kier molecular flexibility index (Phi) is 5.50. The maximum atomic E-state index is 12.1. The minimum absolute atomic E-state index is 0.258. The second-order valence-electron chi connectivity index (χ2n) is 5.95. The minimum Gasteiger partial charge on any atom is -0.457 e. The lowest BCUT2D eigenvalue weighted by molar-refractivity contribution is -0.111. The molecule has 132 valence electrons. The molecule has 5 heteroatoms. The summed E-state index contributed by atoms with van der Waals surface area (Å²) in [6, 6.07) is 14.7. The van der Waals surface area contributed by atoms with Crippen molar-refractivity contribution in [2.45, 2.75) is 13.8 Å². The van der Waals surface area contributed by atoms with E-state index < -0.39 is 0 Å². The molecule has 26 heavy (non-hydrogen) atoms. The third-order valence-corrected chi connectivity index (χ3v) is 4.58. The van der Waals surface area contributed by atoms with Crippen LogP contribution in [0.5, 0.6) is 0 Å². The van der Waals surface area contributed by atoms with E-state index in [1.807, 2.05) is 44.2 Å². The summed E-state index contributed by atoms with van der Waals surface area (Å²) in [6.45, 7) is 3.85. The van der Waals surface area contributed by atoms with Crippen LogP contribution in [0.15, 0.2) is 59.0 Å². The Hall–Kier alpha value is -2.49. The van der Waals surface area contributed by atoms with E-state index in [0.717, 1.165) is 16.7 Å². The van der Waals surface area contributed by atoms with Crippen molar-refractivity contribution < 1.29 is 9.21 Å². The van der Waals surface area contributed by atoms with Crippen LogP contribution < -0.4 is 5.32 Å². The molecular formula is C21H17Cl2NO2. The van der Waals surface area contributed by atoms with Gasteiger partial charge < -0.3 is 9.73 Å². The van der Waals surface area contributed by atoms with Gasteiger partial charge in [0.1, 0.15) is 11.5 Å². The summed E-state index contributed by atoms with van der Waals surface area (Å²) in [5, 5.41) is 4.06. The number of halogens is 2. The van der Waals surface area contributed by atoms with Crippen molar-refractivity contribution in [3.8, 4) is 11.3 Å². The molecule has 1 aromatic heterocycles. The molecule has 0 saturated heterocycles. The van der Waals surface area contributed by atoms with Crippen molar-refractivity contribution in [2.24, 2.45) is 0 Å². The zero-order valence-corrected chi connectivity index (χ0v) is 15.9. The normalized spacial score (nSPS) is 11.1. The van der Waals surface area contributed by atoms with Crippen molar-refractivity contribution in [1.82, 2.24) is 0 Å². The van der Waals surface area contributed by atoms with Crippen LogP contribution in [-0.4, -0.2) is 5.91 Å². The number of amides is 1. The first-order valence-corrected chi connectivity index (χ1v) is 8.79. The fraction of sp³-hybridized carbons (Fsp3) is 0.0952. The molecule has 0 unspecified atom stereocenters. The molecule has 0 bridgehead atoms. The summed E-state index contributed by atoms with van der Waals surface area (Å²) in [5.74, 6) is 1.01. The fourth-order valence-electron chi connectivity index (χ4n) is 2.40. The second kappa shape index (κ2) is 7.81. The van der Waals surface area contributed by atoms with Crippen molar-refractivity contribution in [3.05, 3.63) is 81.5 Å². The Morgan fingerprint density at radius 2 is 1.77 bits per heavy atom. The first kappa shape index (κ1) is 18.3. The van der Waals surface area contributed by atoms with Gasteiger partial charge in [-0.05, 0) is 61.4 Å². The summed E-state index contributed by atoms with van der Waals surface area (Å²) >= 11 is 12.1. The Morgan fingerprint density at radius 3 is 2.54 bits per heavy atom.